The van der Waals surface area contributed by atoms with Crippen LogP contribution in [0.1, 0.15) is 16.2 Å². The van der Waals surface area contributed by atoms with E-state index in [-0.39, 0.29) is 12.1 Å². The zero-order chi connectivity index (χ0) is 15.2. The number of aromatic nitrogens is 4. The van der Waals surface area contributed by atoms with Gasteiger partial charge in [0, 0.05) is 37.6 Å². The van der Waals surface area contributed by atoms with E-state index < -0.39 is 17.9 Å². The number of aliphatic carboxylic acids is 1. The molecule has 9 nitrogen and oxygen atoms in total. The van der Waals surface area contributed by atoms with Crippen molar-refractivity contribution in [1.82, 2.24) is 24.8 Å². The van der Waals surface area contributed by atoms with Crippen LogP contribution in [0.4, 0.5) is 0 Å². The summed E-state index contributed by atoms with van der Waals surface area (Å²) in [5, 5.41) is 11.6. The number of hydrogen-bond acceptors (Lipinski definition) is 5. The second-order valence-electron chi connectivity index (χ2n) is 4.43. The summed E-state index contributed by atoms with van der Waals surface area (Å²) in [6, 6.07) is -1.06. The number of hydrogen-bond donors (Lipinski definition) is 4. The van der Waals surface area contributed by atoms with Crippen molar-refractivity contribution in [3.8, 4) is 0 Å². The molecule has 9 heteroatoms. The van der Waals surface area contributed by atoms with Gasteiger partial charge in [0.25, 0.3) is 5.91 Å². The van der Waals surface area contributed by atoms with Gasteiger partial charge in [0.1, 0.15) is 11.7 Å². The van der Waals surface area contributed by atoms with Gasteiger partial charge < -0.3 is 25.7 Å². The molecule has 0 aliphatic carbocycles. The van der Waals surface area contributed by atoms with Crippen molar-refractivity contribution in [3.63, 3.8) is 0 Å². The molecule has 0 spiro atoms. The molecule has 0 aliphatic rings. The molecule has 2 heterocycles. The second kappa shape index (κ2) is 6.66. The van der Waals surface area contributed by atoms with Gasteiger partial charge in [-0.1, -0.05) is 0 Å². The first-order valence-corrected chi connectivity index (χ1v) is 6.33. The lowest BCUT2D eigenvalue weighted by Gasteiger charge is -2.12. The Morgan fingerprint density at radius 2 is 2.33 bits per heavy atom. The van der Waals surface area contributed by atoms with Gasteiger partial charge in [-0.25, -0.2) is 14.8 Å². The molecule has 2 aromatic heterocycles. The van der Waals surface area contributed by atoms with Crippen molar-refractivity contribution in [1.29, 1.82) is 0 Å². The number of nitrogens with two attached hydrogens (primary N) is 1. The predicted molar refractivity (Wildman–Crippen MR) is 72.5 cm³/mol. The van der Waals surface area contributed by atoms with Gasteiger partial charge in [-0.3, -0.25) is 4.79 Å². The summed E-state index contributed by atoms with van der Waals surface area (Å²) in [4.78, 5) is 33.7. The van der Waals surface area contributed by atoms with E-state index in [4.69, 9.17) is 10.8 Å². The number of nitrogens with zero attached hydrogens (tertiary/aromatic N) is 3. The van der Waals surface area contributed by atoms with Crippen LogP contribution in [0.25, 0.3) is 0 Å². The summed E-state index contributed by atoms with van der Waals surface area (Å²) in [6.07, 6.45) is 6.08. The van der Waals surface area contributed by atoms with Gasteiger partial charge in [-0.2, -0.15) is 0 Å². The fourth-order valence-electron chi connectivity index (χ4n) is 1.80. The normalized spacial score (nSPS) is 12.0. The first kappa shape index (κ1) is 14.7. The van der Waals surface area contributed by atoms with Gasteiger partial charge in [-0.05, 0) is 0 Å². The lowest BCUT2D eigenvalue weighted by atomic mass is 10.1. The molecule has 21 heavy (non-hydrogen) atoms. The van der Waals surface area contributed by atoms with Crippen LogP contribution in [0.15, 0.2) is 25.0 Å². The molecule has 1 amide bonds. The van der Waals surface area contributed by atoms with E-state index in [2.05, 4.69) is 20.3 Å². The highest BCUT2D eigenvalue weighted by molar-refractivity contribution is 5.94. The monoisotopic (exact) mass is 292 g/mol. The first-order chi connectivity index (χ1) is 10.1. The van der Waals surface area contributed by atoms with E-state index in [9.17, 15) is 9.59 Å². The van der Waals surface area contributed by atoms with Crippen molar-refractivity contribution in [2.45, 2.75) is 19.0 Å². The van der Waals surface area contributed by atoms with Crippen molar-refractivity contribution < 1.29 is 14.7 Å². The summed E-state index contributed by atoms with van der Waals surface area (Å²) in [5.74, 6) is -1.67. The van der Waals surface area contributed by atoms with Crippen LogP contribution < -0.4 is 11.1 Å². The Kier molecular flexibility index (Phi) is 4.67. The molecule has 112 valence electrons. The Morgan fingerprint density at radius 1 is 1.52 bits per heavy atom. The van der Waals surface area contributed by atoms with Crippen LogP contribution in [-0.2, 0) is 17.8 Å². The lowest BCUT2D eigenvalue weighted by Crippen LogP contribution is -2.42. The van der Waals surface area contributed by atoms with Crippen LogP contribution >= 0.6 is 0 Å². The summed E-state index contributed by atoms with van der Waals surface area (Å²) >= 11 is 0. The predicted octanol–water partition coefficient (Wildman–Crippen LogP) is -1.01. The fourth-order valence-corrected chi connectivity index (χ4v) is 1.80. The highest BCUT2D eigenvalue weighted by Crippen LogP contribution is 2.02. The SMILES string of the molecule is NCCn1cnc(C(=O)NC(Cc2cnc[nH]2)C(=O)O)c1. The van der Waals surface area contributed by atoms with Gasteiger partial charge >= 0.3 is 5.97 Å². The minimum atomic E-state index is -1.13. The highest BCUT2D eigenvalue weighted by Gasteiger charge is 2.22. The molecule has 2 rings (SSSR count). The molecular formula is C12H16N6O3. The summed E-state index contributed by atoms with van der Waals surface area (Å²) < 4.78 is 1.67. The Balaban J connectivity index is 2.01. The van der Waals surface area contributed by atoms with Crippen LogP contribution in [0.3, 0.4) is 0 Å². The van der Waals surface area contributed by atoms with Gasteiger partial charge in [0.15, 0.2) is 0 Å². The number of carbonyl (C=O) groups excluding carboxylic acids is 1. The molecule has 0 fully saturated rings. The molecule has 1 unspecified atom stereocenters. The molecule has 0 bridgehead atoms. The van der Waals surface area contributed by atoms with Crippen molar-refractivity contribution in [2.75, 3.05) is 6.54 Å². The Morgan fingerprint density at radius 3 is 2.95 bits per heavy atom. The standard InChI is InChI=1S/C12H16N6O3/c13-1-2-18-5-10(16-7-18)11(19)17-9(12(20)21)3-8-4-14-6-15-8/h4-7,9H,1-3,13H2,(H,14,15)(H,17,19)(H,20,21). The van der Waals surface area contributed by atoms with E-state index in [1.807, 2.05) is 0 Å². The van der Waals surface area contributed by atoms with E-state index >= 15 is 0 Å². The Hall–Kier alpha value is -2.68. The number of rotatable bonds is 7. The smallest absolute Gasteiger partial charge is 0.326 e. The number of H-pyrrole nitrogens is 1. The van der Waals surface area contributed by atoms with Gasteiger partial charge in [-0.15, -0.1) is 0 Å². The second-order valence-corrected chi connectivity index (χ2v) is 4.43. The number of aromatic amines is 1. The highest BCUT2D eigenvalue weighted by atomic mass is 16.4. The third kappa shape index (κ3) is 3.89. The molecule has 2 aromatic rings. The Bertz CT molecular complexity index is 606. The zero-order valence-corrected chi connectivity index (χ0v) is 11.2. The van der Waals surface area contributed by atoms with Crippen LogP contribution in [0.5, 0.6) is 0 Å². The largest absolute Gasteiger partial charge is 0.480 e. The molecule has 0 saturated heterocycles. The topological polar surface area (TPSA) is 139 Å². The molecule has 0 aliphatic heterocycles. The molecule has 0 aromatic carbocycles. The van der Waals surface area contributed by atoms with E-state index in [0.29, 0.717) is 18.8 Å². The van der Waals surface area contributed by atoms with Crippen molar-refractivity contribution in [3.05, 3.63) is 36.4 Å². The first-order valence-electron chi connectivity index (χ1n) is 6.33. The van der Waals surface area contributed by atoms with Crippen molar-refractivity contribution >= 4 is 11.9 Å². The van der Waals surface area contributed by atoms with Crippen LogP contribution in [0.2, 0.25) is 0 Å². The maximum Gasteiger partial charge on any atom is 0.326 e. The van der Waals surface area contributed by atoms with Gasteiger partial charge in [0.05, 0.1) is 12.7 Å². The molecule has 0 saturated carbocycles. The molecule has 0 radical (unpaired) electrons. The molecule has 5 N–H and O–H groups in total. The number of carboxylic acids is 1. The minimum Gasteiger partial charge on any atom is -0.480 e. The minimum absolute atomic E-state index is 0.116. The van der Waals surface area contributed by atoms with Crippen LogP contribution in [0, 0.1) is 0 Å². The quantitative estimate of drug-likeness (QED) is 0.515. The number of carboxylic acid groups (broad SMARTS) is 1. The molecular weight excluding hydrogens is 276 g/mol. The third-order valence-corrected chi connectivity index (χ3v) is 2.84. The number of carbonyl (C=O) groups is 2. The van der Waals surface area contributed by atoms with Crippen LogP contribution in [-0.4, -0.2) is 49.1 Å². The summed E-state index contributed by atoms with van der Waals surface area (Å²) in [7, 11) is 0. The van der Waals surface area contributed by atoms with E-state index in [1.165, 1.54) is 25.0 Å². The Labute approximate surface area is 120 Å². The lowest BCUT2D eigenvalue weighted by molar-refractivity contribution is -0.139. The number of imidazole rings is 2. The van der Waals surface area contributed by atoms with E-state index in [1.54, 1.807) is 4.57 Å². The number of amides is 1. The molecule has 1 atom stereocenters. The average Bonchev–Trinajstić information content (AvgIpc) is 3.09. The van der Waals surface area contributed by atoms with Crippen molar-refractivity contribution in [2.24, 2.45) is 5.73 Å². The maximum atomic E-state index is 12.0. The van der Waals surface area contributed by atoms with Gasteiger partial charge in [0.2, 0.25) is 0 Å². The fraction of sp³-hybridized carbons (Fsp3) is 0.333. The third-order valence-electron chi connectivity index (χ3n) is 2.84. The summed E-state index contributed by atoms with van der Waals surface area (Å²) in [6.45, 7) is 0.964. The zero-order valence-electron chi connectivity index (χ0n) is 11.2. The summed E-state index contributed by atoms with van der Waals surface area (Å²) in [5.41, 5.74) is 6.18. The number of nitrogens with one attached hydrogen (secondary N) is 2. The average molecular weight is 292 g/mol. The van der Waals surface area contributed by atoms with E-state index in [0.717, 1.165) is 0 Å². The maximum absolute atomic E-state index is 12.0.